The van der Waals surface area contributed by atoms with Crippen LogP contribution in [0, 0.1) is 13.8 Å². The molecular weight excluding hydrogens is 466 g/mol. The van der Waals surface area contributed by atoms with Crippen molar-refractivity contribution < 1.29 is 14.6 Å². The van der Waals surface area contributed by atoms with Crippen molar-refractivity contribution in [3.63, 3.8) is 0 Å². The summed E-state index contributed by atoms with van der Waals surface area (Å²) in [6, 6.07) is 12.3. The molecule has 0 fully saturated rings. The fourth-order valence-electron chi connectivity index (χ4n) is 4.96. The van der Waals surface area contributed by atoms with Crippen LogP contribution >= 0.6 is 0 Å². The average molecular weight is 498 g/mol. The van der Waals surface area contributed by atoms with E-state index in [0.717, 1.165) is 50.0 Å². The van der Waals surface area contributed by atoms with E-state index >= 15 is 0 Å². The number of aromatic nitrogens is 5. The van der Waals surface area contributed by atoms with Crippen LogP contribution in [0.15, 0.2) is 48.8 Å². The predicted octanol–water partition coefficient (Wildman–Crippen LogP) is 5.75. The van der Waals surface area contributed by atoms with Crippen molar-refractivity contribution in [2.75, 3.05) is 0 Å². The van der Waals surface area contributed by atoms with Crippen LogP contribution in [-0.2, 0) is 23.6 Å². The molecule has 0 bridgehead atoms. The van der Waals surface area contributed by atoms with Crippen molar-refractivity contribution >= 4 is 27.9 Å². The van der Waals surface area contributed by atoms with Crippen LogP contribution in [0.3, 0.4) is 0 Å². The molecule has 0 aliphatic heterocycles. The zero-order valence-electron chi connectivity index (χ0n) is 22.2. The van der Waals surface area contributed by atoms with Crippen LogP contribution in [0.2, 0.25) is 0 Å². The number of hydrogen-bond acceptors (Lipinski definition) is 5. The predicted molar refractivity (Wildman–Crippen MR) is 144 cm³/mol. The molecule has 0 spiro atoms. The monoisotopic (exact) mass is 497 g/mol. The number of hydrogen-bond donors (Lipinski definition) is 1. The summed E-state index contributed by atoms with van der Waals surface area (Å²) >= 11 is 0. The molecule has 4 heterocycles. The molecule has 1 aromatic carbocycles. The number of nitrogens with zero attached hydrogens (tertiary/aromatic N) is 5. The average Bonchev–Trinajstić information content (AvgIpc) is 3.37. The lowest BCUT2D eigenvalue weighted by Gasteiger charge is -2.27. The van der Waals surface area contributed by atoms with E-state index in [1.807, 2.05) is 76.4 Å². The first-order valence-corrected chi connectivity index (χ1v) is 12.2. The summed E-state index contributed by atoms with van der Waals surface area (Å²) in [5.74, 6) is -1.03. The minimum absolute atomic E-state index is 0.604. The number of pyridine rings is 2. The second-order valence-corrected chi connectivity index (χ2v) is 10.5. The Morgan fingerprint density at radius 2 is 1.81 bits per heavy atom. The molecule has 0 unspecified atom stereocenters. The van der Waals surface area contributed by atoms with E-state index in [1.165, 1.54) is 0 Å². The smallest absolute Gasteiger partial charge is 0.337 e. The van der Waals surface area contributed by atoms with Gasteiger partial charge in [0.05, 0.1) is 28.7 Å². The molecule has 0 saturated carbocycles. The van der Waals surface area contributed by atoms with Crippen LogP contribution in [-0.4, -0.2) is 41.0 Å². The molecule has 1 atom stereocenters. The second kappa shape index (κ2) is 8.81. The molecule has 37 heavy (non-hydrogen) atoms. The van der Waals surface area contributed by atoms with Gasteiger partial charge in [-0.25, -0.2) is 9.78 Å². The number of aryl methyl sites for hydroxylation is 4. The summed E-state index contributed by atoms with van der Waals surface area (Å²) in [6.45, 7) is 9.35. The highest BCUT2D eigenvalue weighted by molar-refractivity contribution is 5.90. The number of ether oxygens (including phenoxy) is 1. The number of aliphatic carboxylic acids is 1. The zero-order chi connectivity index (χ0) is 26.6. The van der Waals surface area contributed by atoms with Crippen LogP contribution in [0.5, 0.6) is 0 Å². The molecule has 0 radical (unpaired) electrons. The molecule has 0 aliphatic carbocycles. The first-order chi connectivity index (χ1) is 17.4. The minimum atomic E-state index is -1.10. The number of benzene rings is 1. The van der Waals surface area contributed by atoms with Gasteiger partial charge in [-0.2, -0.15) is 5.10 Å². The van der Waals surface area contributed by atoms with Crippen LogP contribution < -0.4 is 0 Å². The standard InChI is InChI=1S/C29H31N5O3/c1-16-21-14-24(33(6)27(21)32-17(2)25(16)26(28(35)36)37-29(3,4)5)19-10-11-30-22(13-19)18-8-9-23-20(12-18)15-31-34(23)7/h8-15,26H,1-7H3,(H,35,36)/t26-/m0/s1. The number of fused-ring (bicyclic) bond motifs is 2. The molecule has 8 heteroatoms. The highest BCUT2D eigenvalue weighted by Gasteiger charge is 2.31. The Bertz CT molecular complexity index is 1670. The fraction of sp³-hybridized carbons (Fsp3) is 0.310. The van der Waals surface area contributed by atoms with Gasteiger partial charge in [0, 0.05) is 53.4 Å². The van der Waals surface area contributed by atoms with Crippen molar-refractivity contribution in [3.8, 4) is 22.5 Å². The SMILES string of the molecule is Cc1nc2c(cc(-c3ccnc(-c4ccc5c(cnn5C)c4)c3)n2C)c(C)c1[C@H](OC(C)(C)C)C(=O)O. The van der Waals surface area contributed by atoms with Crippen molar-refractivity contribution in [2.45, 2.75) is 46.3 Å². The van der Waals surface area contributed by atoms with Gasteiger partial charge in [0.2, 0.25) is 0 Å². The molecule has 0 amide bonds. The lowest BCUT2D eigenvalue weighted by Crippen LogP contribution is -2.28. The Morgan fingerprint density at radius 1 is 1.05 bits per heavy atom. The van der Waals surface area contributed by atoms with E-state index in [2.05, 4.69) is 40.4 Å². The van der Waals surface area contributed by atoms with Gasteiger partial charge >= 0.3 is 5.97 Å². The third kappa shape index (κ3) is 4.38. The van der Waals surface area contributed by atoms with Gasteiger partial charge in [-0.1, -0.05) is 6.07 Å². The summed E-state index contributed by atoms with van der Waals surface area (Å²) in [6.07, 6.45) is 2.56. The minimum Gasteiger partial charge on any atom is -0.479 e. The maximum atomic E-state index is 12.2. The largest absolute Gasteiger partial charge is 0.479 e. The van der Waals surface area contributed by atoms with Crippen molar-refractivity contribution in [3.05, 3.63) is 65.6 Å². The zero-order valence-corrected chi connectivity index (χ0v) is 22.2. The number of rotatable bonds is 5. The maximum absolute atomic E-state index is 12.2. The van der Waals surface area contributed by atoms with E-state index in [-0.39, 0.29) is 0 Å². The number of carboxylic acid groups (broad SMARTS) is 1. The van der Waals surface area contributed by atoms with E-state index in [0.29, 0.717) is 11.3 Å². The van der Waals surface area contributed by atoms with Gasteiger partial charge in [-0.15, -0.1) is 0 Å². The van der Waals surface area contributed by atoms with Gasteiger partial charge in [0.1, 0.15) is 5.65 Å². The first kappa shape index (κ1) is 24.6. The van der Waals surface area contributed by atoms with E-state index in [9.17, 15) is 9.90 Å². The molecule has 1 N–H and O–H groups in total. The normalized spacial score (nSPS) is 12.9. The van der Waals surface area contributed by atoms with Gasteiger partial charge in [-0.05, 0) is 70.5 Å². The Kier molecular flexibility index (Phi) is 5.87. The van der Waals surface area contributed by atoms with Gasteiger partial charge in [0.15, 0.2) is 6.10 Å². The summed E-state index contributed by atoms with van der Waals surface area (Å²) in [5, 5.41) is 16.3. The van der Waals surface area contributed by atoms with E-state index < -0.39 is 17.7 Å². The molecule has 190 valence electrons. The lowest BCUT2D eigenvalue weighted by atomic mass is 9.98. The maximum Gasteiger partial charge on any atom is 0.337 e. The molecule has 5 aromatic rings. The summed E-state index contributed by atoms with van der Waals surface area (Å²) < 4.78 is 9.85. The Balaban J connectivity index is 1.62. The van der Waals surface area contributed by atoms with Crippen LogP contribution in [0.25, 0.3) is 44.5 Å². The highest BCUT2D eigenvalue weighted by Crippen LogP contribution is 2.36. The fourth-order valence-corrected chi connectivity index (χ4v) is 4.96. The highest BCUT2D eigenvalue weighted by atomic mass is 16.5. The van der Waals surface area contributed by atoms with Gasteiger partial charge in [0.25, 0.3) is 0 Å². The Hall–Kier alpha value is -4.04. The lowest BCUT2D eigenvalue weighted by molar-refractivity contribution is -0.160. The van der Waals surface area contributed by atoms with Crippen molar-refractivity contribution in [1.29, 1.82) is 0 Å². The van der Waals surface area contributed by atoms with Crippen molar-refractivity contribution in [1.82, 2.24) is 24.3 Å². The van der Waals surface area contributed by atoms with Crippen molar-refractivity contribution in [2.24, 2.45) is 14.1 Å². The molecule has 0 aliphatic rings. The molecule has 0 saturated heterocycles. The second-order valence-electron chi connectivity index (χ2n) is 10.5. The molecule has 4 aromatic heterocycles. The first-order valence-electron chi connectivity index (χ1n) is 12.2. The van der Waals surface area contributed by atoms with E-state index in [1.54, 1.807) is 0 Å². The third-order valence-corrected chi connectivity index (χ3v) is 6.73. The third-order valence-electron chi connectivity index (χ3n) is 6.73. The Morgan fingerprint density at radius 3 is 2.51 bits per heavy atom. The Labute approximate surface area is 215 Å². The topological polar surface area (TPSA) is 95.1 Å². The summed E-state index contributed by atoms with van der Waals surface area (Å²) in [7, 11) is 3.91. The quantitative estimate of drug-likeness (QED) is 0.332. The molecule has 8 nitrogen and oxygen atoms in total. The summed E-state index contributed by atoms with van der Waals surface area (Å²) in [4.78, 5) is 21.6. The molecular formula is C29H31N5O3. The molecule has 5 rings (SSSR count). The number of carboxylic acids is 1. The van der Waals surface area contributed by atoms with Gasteiger partial charge < -0.3 is 14.4 Å². The van der Waals surface area contributed by atoms with Crippen LogP contribution in [0.1, 0.15) is 43.7 Å². The van der Waals surface area contributed by atoms with Crippen LogP contribution in [0.4, 0.5) is 0 Å². The van der Waals surface area contributed by atoms with E-state index in [4.69, 9.17) is 9.72 Å². The summed E-state index contributed by atoms with van der Waals surface area (Å²) in [5.41, 5.74) is 7.19. The number of carbonyl (C=O) groups is 1. The van der Waals surface area contributed by atoms with Gasteiger partial charge in [-0.3, -0.25) is 9.67 Å².